The molecule has 5 heteroatoms. The topological polar surface area (TPSA) is 60.9 Å². The minimum atomic E-state index is -0.784. The van der Waals surface area contributed by atoms with Crippen LogP contribution in [-0.2, 0) is 9.59 Å². The van der Waals surface area contributed by atoms with Crippen LogP contribution in [0.2, 0.25) is 0 Å². The van der Waals surface area contributed by atoms with Crippen molar-refractivity contribution in [2.45, 2.75) is 44.6 Å². The average molecular weight is 254 g/mol. The minimum absolute atomic E-state index is 0.0908. The molecule has 0 spiro atoms. The van der Waals surface area contributed by atoms with Gasteiger partial charge >= 0.3 is 5.97 Å². The molecule has 2 heterocycles. The summed E-state index contributed by atoms with van der Waals surface area (Å²) in [5.74, 6) is -0.693. The van der Waals surface area contributed by atoms with Crippen LogP contribution in [0.4, 0.5) is 0 Å². The van der Waals surface area contributed by atoms with Gasteiger partial charge in [-0.25, -0.2) is 0 Å². The maximum absolute atomic E-state index is 12.0. The van der Waals surface area contributed by atoms with Gasteiger partial charge in [-0.2, -0.15) is 0 Å². The number of hydrogen-bond donors (Lipinski definition) is 1. The molecule has 2 rings (SSSR count). The third kappa shape index (κ3) is 3.22. The third-order valence-corrected chi connectivity index (χ3v) is 3.95. The summed E-state index contributed by atoms with van der Waals surface area (Å²) in [7, 11) is 0. The summed E-state index contributed by atoms with van der Waals surface area (Å²) in [6.45, 7) is 2.68. The van der Waals surface area contributed by atoms with Crippen molar-refractivity contribution in [3.05, 3.63) is 0 Å². The second-order valence-electron chi connectivity index (χ2n) is 5.26. The molecule has 0 aliphatic carbocycles. The van der Waals surface area contributed by atoms with Gasteiger partial charge in [0.25, 0.3) is 0 Å². The van der Waals surface area contributed by atoms with Crippen LogP contribution < -0.4 is 0 Å². The van der Waals surface area contributed by atoms with E-state index in [1.54, 1.807) is 0 Å². The van der Waals surface area contributed by atoms with Gasteiger partial charge < -0.3 is 10.0 Å². The lowest BCUT2D eigenvalue weighted by Gasteiger charge is -2.35. The zero-order chi connectivity index (χ0) is 13.0. The standard InChI is InChI=1S/C13H22N2O3/c16-12(14-8-5-9-14)10-15-7-4-2-1-3-6-11(15)13(17)18/h11H,1-10H2,(H,17,18). The molecule has 5 nitrogen and oxygen atoms in total. The quantitative estimate of drug-likeness (QED) is 0.814. The van der Waals surface area contributed by atoms with Crippen molar-refractivity contribution >= 4 is 11.9 Å². The number of carbonyl (C=O) groups is 2. The molecule has 0 aromatic carbocycles. The lowest BCUT2D eigenvalue weighted by atomic mass is 10.0. The molecule has 2 saturated heterocycles. The third-order valence-electron chi connectivity index (χ3n) is 3.95. The highest BCUT2D eigenvalue weighted by Crippen LogP contribution is 2.17. The van der Waals surface area contributed by atoms with Crippen molar-refractivity contribution in [1.82, 2.24) is 9.80 Å². The van der Waals surface area contributed by atoms with Crippen molar-refractivity contribution in [3.8, 4) is 0 Å². The van der Waals surface area contributed by atoms with Gasteiger partial charge in [0.1, 0.15) is 6.04 Å². The van der Waals surface area contributed by atoms with E-state index in [0.29, 0.717) is 6.42 Å². The van der Waals surface area contributed by atoms with Gasteiger partial charge in [0.15, 0.2) is 0 Å². The predicted octanol–water partition coefficient (Wildman–Crippen LogP) is 0.938. The Labute approximate surface area is 108 Å². The van der Waals surface area contributed by atoms with Gasteiger partial charge in [-0.05, 0) is 25.8 Å². The normalized spacial score (nSPS) is 26.0. The molecule has 1 atom stereocenters. The zero-order valence-corrected chi connectivity index (χ0v) is 10.8. The maximum Gasteiger partial charge on any atom is 0.320 e. The Morgan fingerprint density at radius 1 is 1.00 bits per heavy atom. The van der Waals surface area contributed by atoms with E-state index in [9.17, 15) is 14.7 Å². The number of rotatable bonds is 3. The second-order valence-corrected chi connectivity index (χ2v) is 5.26. The van der Waals surface area contributed by atoms with Crippen LogP contribution in [-0.4, -0.2) is 59.0 Å². The van der Waals surface area contributed by atoms with Crippen molar-refractivity contribution in [2.75, 3.05) is 26.2 Å². The van der Waals surface area contributed by atoms with Gasteiger partial charge in [-0.1, -0.05) is 19.3 Å². The number of carbonyl (C=O) groups excluding carboxylic acids is 1. The molecule has 1 amide bonds. The Bertz CT molecular complexity index is 315. The van der Waals surface area contributed by atoms with E-state index in [1.807, 2.05) is 9.80 Å². The fourth-order valence-electron chi connectivity index (χ4n) is 2.65. The first-order valence-electron chi connectivity index (χ1n) is 6.93. The van der Waals surface area contributed by atoms with Crippen LogP contribution in [0.25, 0.3) is 0 Å². The van der Waals surface area contributed by atoms with E-state index in [1.165, 1.54) is 0 Å². The van der Waals surface area contributed by atoms with E-state index in [4.69, 9.17) is 0 Å². The summed E-state index contributed by atoms with van der Waals surface area (Å²) in [4.78, 5) is 26.9. The average Bonchev–Trinajstić information content (AvgIpc) is 2.18. The van der Waals surface area contributed by atoms with Crippen molar-refractivity contribution in [2.24, 2.45) is 0 Å². The molecule has 0 radical (unpaired) electrons. The fourth-order valence-corrected chi connectivity index (χ4v) is 2.65. The van der Waals surface area contributed by atoms with Crippen molar-refractivity contribution < 1.29 is 14.7 Å². The summed E-state index contributed by atoms with van der Waals surface area (Å²) in [6, 6.07) is -0.476. The summed E-state index contributed by atoms with van der Waals surface area (Å²) >= 11 is 0. The fraction of sp³-hybridized carbons (Fsp3) is 0.846. The zero-order valence-electron chi connectivity index (χ0n) is 10.8. The molecule has 2 aliphatic heterocycles. The Kier molecular flexibility index (Phi) is 4.58. The van der Waals surface area contributed by atoms with E-state index in [0.717, 1.165) is 51.7 Å². The SMILES string of the molecule is O=C(O)C1CCCCCCN1CC(=O)N1CCC1. The molecule has 0 aromatic heterocycles. The second kappa shape index (κ2) is 6.18. The monoisotopic (exact) mass is 254 g/mol. The number of amides is 1. The van der Waals surface area contributed by atoms with E-state index in [2.05, 4.69) is 0 Å². The number of aliphatic carboxylic acids is 1. The van der Waals surface area contributed by atoms with Gasteiger partial charge in [0, 0.05) is 13.1 Å². The number of carboxylic acids is 1. The summed E-state index contributed by atoms with van der Waals surface area (Å²) in [5.41, 5.74) is 0. The van der Waals surface area contributed by atoms with Crippen molar-refractivity contribution in [3.63, 3.8) is 0 Å². The summed E-state index contributed by atoms with van der Waals surface area (Å²) in [6.07, 6.45) is 5.94. The summed E-state index contributed by atoms with van der Waals surface area (Å²) in [5, 5.41) is 9.28. The van der Waals surface area contributed by atoms with Crippen LogP contribution in [0.5, 0.6) is 0 Å². The molecule has 102 valence electrons. The van der Waals surface area contributed by atoms with Crippen LogP contribution >= 0.6 is 0 Å². The number of hydrogen-bond acceptors (Lipinski definition) is 3. The number of carboxylic acid groups (broad SMARTS) is 1. The molecule has 2 aliphatic rings. The van der Waals surface area contributed by atoms with Gasteiger partial charge in [-0.15, -0.1) is 0 Å². The molecule has 1 unspecified atom stereocenters. The Morgan fingerprint density at radius 2 is 1.72 bits per heavy atom. The van der Waals surface area contributed by atoms with Crippen LogP contribution in [0.3, 0.4) is 0 Å². The minimum Gasteiger partial charge on any atom is -0.480 e. The van der Waals surface area contributed by atoms with Crippen molar-refractivity contribution in [1.29, 1.82) is 0 Å². The highest BCUT2D eigenvalue weighted by molar-refractivity contribution is 5.80. The number of likely N-dealkylation sites (tertiary alicyclic amines) is 2. The molecule has 0 saturated carbocycles. The smallest absolute Gasteiger partial charge is 0.320 e. The Balaban J connectivity index is 1.94. The largest absolute Gasteiger partial charge is 0.480 e. The molecule has 18 heavy (non-hydrogen) atoms. The van der Waals surface area contributed by atoms with Crippen LogP contribution in [0.15, 0.2) is 0 Å². The lowest BCUT2D eigenvalue weighted by Crippen LogP contribution is -2.51. The first-order chi connectivity index (χ1) is 8.68. The Morgan fingerprint density at radius 3 is 2.33 bits per heavy atom. The first-order valence-corrected chi connectivity index (χ1v) is 6.93. The molecular formula is C13H22N2O3. The predicted molar refractivity (Wildman–Crippen MR) is 67.3 cm³/mol. The van der Waals surface area contributed by atoms with E-state index in [-0.39, 0.29) is 12.5 Å². The lowest BCUT2D eigenvalue weighted by molar-refractivity contribution is -0.146. The van der Waals surface area contributed by atoms with Gasteiger partial charge in [0.2, 0.25) is 5.91 Å². The number of nitrogens with zero attached hydrogens (tertiary/aromatic N) is 2. The Hall–Kier alpha value is -1.10. The molecular weight excluding hydrogens is 232 g/mol. The molecule has 1 N–H and O–H groups in total. The van der Waals surface area contributed by atoms with E-state index >= 15 is 0 Å². The van der Waals surface area contributed by atoms with Gasteiger partial charge in [0.05, 0.1) is 6.54 Å². The molecule has 0 aromatic rings. The molecule has 2 fully saturated rings. The highest BCUT2D eigenvalue weighted by atomic mass is 16.4. The highest BCUT2D eigenvalue weighted by Gasteiger charge is 2.30. The molecule has 0 bridgehead atoms. The maximum atomic E-state index is 12.0. The van der Waals surface area contributed by atoms with Crippen LogP contribution in [0, 0.1) is 0 Å². The van der Waals surface area contributed by atoms with Gasteiger partial charge in [-0.3, -0.25) is 14.5 Å². The van der Waals surface area contributed by atoms with E-state index < -0.39 is 12.0 Å². The first kappa shape index (κ1) is 13.3. The van der Waals surface area contributed by atoms with Crippen LogP contribution in [0.1, 0.15) is 38.5 Å². The summed E-state index contributed by atoms with van der Waals surface area (Å²) < 4.78 is 0.